The number of halogens is 1. The van der Waals surface area contributed by atoms with E-state index in [-0.39, 0.29) is 24.4 Å². The normalized spacial score (nSPS) is 14.6. The number of esters is 1. The maximum Gasteiger partial charge on any atom is 0.308 e. The van der Waals surface area contributed by atoms with Crippen LogP contribution < -0.4 is 0 Å². The van der Waals surface area contributed by atoms with E-state index in [0.717, 1.165) is 46.1 Å². The number of aromatic nitrogens is 1. The van der Waals surface area contributed by atoms with Crippen molar-refractivity contribution in [3.63, 3.8) is 0 Å². The zero-order valence-electron chi connectivity index (χ0n) is 17.8. The van der Waals surface area contributed by atoms with Gasteiger partial charge in [-0.2, -0.15) is 0 Å². The quantitative estimate of drug-likeness (QED) is 0.407. The van der Waals surface area contributed by atoms with Gasteiger partial charge in [0, 0.05) is 28.9 Å². The van der Waals surface area contributed by atoms with Crippen molar-refractivity contribution in [2.45, 2.75) is 37.7 Å². The number of pyridine rings is 1. The summed E-state index contributed by atoms with van der Waals surface area (Å²) in [4.78, 5) is 28.7. The number of methoxy groups -OCH3 is 1. The number of nitrogens with zero attached hydrogens (tertiary/aromatic N) is 1. The molecule has 1 aromatic heterocycles. The largest absolute Gasteiger partial charge is 0.469 e. The van der Waals surface area contributed by atoms with Crippen molar-refractivity contribution in [1.29, 1.82) is 0 Å². The Hall–Kier alpha value is -3.38. The van der Waals surface area contributed by atoms with Crippen molar-refractivity contribution in [3.8, 4) is 11.1 Å². The fraction of sp³-hybridized carbons (Fsp3) is 0.269. The van der Waals surface area contributed by atoms with E-state index in [1.165, 1.54) is 25.3 Å². The van der Waals surface area contributed by atoms with Gasteiger partial charge in [-0.1, -0.05) is 30.3 Å². The Morgan fingerprint density at radius 1 is 1.16 bits per heavy atom. The molecule has 0 bridgehead atoms. The minimum absolute atomic E-state index is 0.183. The van der Waals surface area contributed by atoms with E-state index in [1.807, 2.05) is 24.3 Å². The monoisotopic (exact) mass is 433 g/mol. The number of fused-ring (bicyclic) bond motifs is 1. The number of hydrogen-bond donors (Lipinski definition) is 1. The van der Waals surface area contributed by atoms with Crippen molar-refractivity contribution in [2.24, 2.45) is 0 Å². The molecule has 0 amide bonds. The summed E-state index contributed by atoms with van der Waals surface area (Å²) in [7, 11) is 1.24. The van der Waals surface area contributed by atoms with Crippen molar-refractivity contribution >= 4 is 28.7 Å². The fourth-order valence-electron chi connectivity index (χ4n) is 3.83. The zero-order valence-corrected chi connectivity index (χ0v) is 17.8. The lowest BCUT2D eigenvalue weighted by molar-refractivity contribution is -0.143. The lowest BCUT2D eigenvalue weighted by atomic mass is 9.92. The zero-order chi connectivity index (χ0) is 22.7. The van der Waals surface area contributed by atoms with E-state index < -0.39 is 12.1 Å². The number of para-hydroxylation sites is 1. The predicted molar refractivity (Wildman–Crippen MR) is 120 cm³/mol. The van der Waals surface area contributed by atoms with E-state index in [0.29, 0.717) is 5.92 Å². The molecule has 5 nitrogen and oxygen atoms in total. The van der Waals surface area contributed by atoms with Gasteiger partial charge in [0.25, 0.3) is 0 Å². The van der Waals surface area contributed by atoms with Crippen LogP contribution in [-0.4, -0.2) is 35.1 Å². The topological polar surface area (TPSA) is 76.5 Å². The molecule has 6 heteroatoms. The minimum Gasteiger partial charge on any atom is -0.469 e. The van der Waals surface area contributed by atoms with Crippen LogP contribution in [0.4, 0.5) is 4.39 Å². The average molecular weight is 433 g/mol. The summed E-state index contributed by atoms with van der Waals surface area (Å²) in [5.41, 5.74) is 4.34. The molecule has 32 heavy (non-hydrogen) atoms. The van der Waals surface area contributed by atoms with Crippen LogP contribution in [0.25, 0.3) is 28.1 Å². The lowest BCUT2D eigenvalue weighted by Crippen LogP contribution is -2.17. The van der Waals surface area contributed by atoms with E-state index in [4.69, 9.17) is 4.98 Å². The molecule has 1 unspecified atom stereocenters. The molecular weight excluding hydrogens is 409 g/mol. The Kier molecular flexibility index (Phi) is 6.42. The molecule has 0 spiro atoms. The lowest BCUT2D eigenvalue weighted by Gasteiger charge is -2.15. The number of benzene rings is 2. The number of carbonyl (C=O) groups is 2. The first-order valence-electron chi connectivity index (χ1n) is 10.6. The van der Waals surface area contributed by atoms with Crippen molar-refractivity contribution in [3.05, 3.63) is 71.7 Å². The number of allylic oxidation sites excluding steroid dienone is 1. The van der Waals surface area contributed by atoms with Gasteiger partial charge < -0.3 is 9.84 Å². The Morgan fingerprint density at radius 2 is 1.88 bits per heavy atom. The number of ketones is 1. The first kappa shape index (κ1) is 21.8. The first-order valence-corrected chi connectivity index (χ1v) is 10.6. The summed E-state index contributed by atoms with van der Waals surface area (Å²) >= 11 is 0. The van der Waals surface area contributed by atoms with Crippen molar-refractivity contribution in [2.75, 3.05) is 7.11 Å². The van der Waals surface area contributed by atoms with Crippen molar-refractivity contribution < 1.29 is 23.8 Å². The van der Waals surface area contributed by atoms with E-state index >= 15 is 0 Å². The maximum absolute atomic E-state index is 13.6. The van der Waals surface area contributed by atoms with E-state index in [9.17, 15) is 19.1 Å². The first-order chi connectivity index (χ1) is 15.5. The maximum atomic E-state index is 13.6. The third-order valence-corrected chi connectivity index (χ3v) is 5.56. The average Bonchev–Trinajstić information content (AvgIpc) is 3.62. The molecule has 164 valence electrons. The van der Waals surface area contributed by atoms with Gasteiger partial charge in [0.15, 0.2) is 5.78 Å². The van der Waals surface area contributed by atoms with Gasteiger partial charge in [-0.15, -0.1) is 0 Å². The molecule has 4 rings (SSSR count). The van der Waals surface area contributed by atoms with Crippen LogP contribution in [0.3, 0.4) is 0 Å². The molecule has 1 aliphatic rings. The Balaban J connectivity index is 1.75. The van der Waals surface area contributed by atoms with Crippen LogP contribution >= 0.6 is 0 Å². The molecule has 3 aromatic rings. The third kappa shape index (κ3) is 4.92. The Labute approximate surface area is 185 Å². The van der Waals surface area contributed by atoms with Crippen LogP contribution in [0.15, 0.2) is 54.6 Å². The summed E-state index contributed by atoms with van der Waals surface area (Å²) in [6.45, 7) is 0. The second-order valence-electron chi connectivity index (χ2n) is 8.02. The highest BCUT2D eigenvalue weighted by atomic mass is 19.1. The second kappa shape index (κ2) is 9.40. The molecule has 1 heterocycles. The predicted octanol–water partition coefficient (Wildman–Crippen LogP) is 4.81. The highest BCUT2D eigenvalue weighted by Crippen LogP contribution is 2.45. The van der Waals surface area contributed by atoms with Crippen LogP contribution in [0.5, 0.6) is 0 Å². The molecule has 0 aliphatic heterocycles. The number of carbonyl (C=O) groups excluding carboxylic acids is 2. The smallest absolute Gasteiger partial charge is 0.308 e. The Bertz CT molecular complexity index is 1180. The molecular formula is C26H24FNO4. The van der Waals surface area contributed by atoms with Crippen LogP contribution in [0.2, 0.25) is 0 Å². The summed E-state index contributed by atoms with van der Waals surface area (Å²) in [6, 6.07) is 14.1. The fourth-order valence-corrected chi connectivity index (χ4v) is 3.83. The van der Waals surface area contributed by atoms with Gasteiger partial charge in [0.2, 0.25) is 0 Å². The molecule has 1 fully saturated rings. The van der Waals surface area contributed by atoms with Gasteiger partial charge in [0.1, 0.15) is 5.82 Å². The minimum atomic E-state index is -1.10. The van der Waals surface area contributed by atoms with Gasteiger partial charge in [0.05, 0.1) is 30.8 Å². The number of aliphatic hydroxyl groups is 1. The number of ether oxygens (including phenoxy) is 1. The number of hydrogen-bond acceptors (Lipinski definition) is 5. The van der Waals surface area contributed by atoms with Gasteiger partial charge in [-0.3, -0.25) is 14.6 Å². The standard InChI is InChI=1S/C26H24FNO4/c1-32-24(31)15-20(30)14-19(29)12-13-22-25(16-8-10-18(27)11-9-16)21-4-2-3-5-23(21)28-26(22)17-6-7-17/h2-5,8-13,17,20,30H,6-7,14-15H2,1H3. The number of aliphatic hydroxyl groups excluding tert-OH is 1. The van der Waals surface area contributed by atoms with Crippen molar-refractivity contribution in [1.82, 2.24) is 4.98 Å². The van der Waals surface area contributed by atoms with Gasteiger partial charge in [-0.05, 0) is 48.8 Å². The molecule has 1 saturated carbocycles. The van der Waals surface area contributed by atoms with Gasteiger partial charge in [-0.25, -0.2) is 4.39 Å². The summed E-state index contributed by atoms with van der Waals surface area (Å²) in [5, 5.41) is 10.9. The Morgan fingerprint density at radius 3 is 2.56 bits per heavy atom. The van der Waals surface area contributed by atoms with Crippen LogP contribution in [0, 0.1) is 5.82 Å². The molecule has 0 saturated heterocycles. The summed E-state index contributed by atoms with van der Waals surface area (Å²) in [5.74, 6) is -0.871. The molecule has 2 aromatic carbocycles. The van der Waals surface area contributed by atoms with Crippen LogP contribution in [0.1, 0.15) is 42.9 Å². The molecule has 1 N–H and O–H groups in total. The van der Waals surface area contributed by atoms with Crippen LogP contribution in [-0.2, 0) is 14.3 Å². The third-order valence-electron chi connectivity index (χ3n) is 5.56. The SMILES string of the molecule is COC(=O)CC(O)CC(=O)C=Cc1c(C2CC2)nc2ccccc2c1-c1ccc(F)cc1. The van der Waals surface area contributed by atoms with Gasteiger partial charge >= 0.3 is 5.97 Å². The summed E-state index contributed by atoms with van der Waals surface area (Å²) < 4.78 is 18.1. The number of rotatable bonds is 8. The van der Waals surface area contributed by atoms with E-state index in [2.05, 4.69) is 4.74 Å². The summed E-state index contributed by atoms with van der Waals surface area (Å²) in [6.07, 6.45) is 3.69. The highest BCUT2D eigenvalue weighted by molar-refractivity contribution is 6.02. The molecule has 0 radical (unpaired) electrons. The highest BCUT2D eigenvalue weighted by Gasteiger charge is 2.29. The molecule has 1 atom stereocenters. The van der Waals surface area contributed by atoms with E-state index in [1.54, 1.807) is 18.2 Å². The molecule has 1 aliphatic carbocycles. The second-order valence-corrected chi connectivity index (χ2v) is 8.02.